The maximum absolute atomic E-state index is 9.51. The molecule has 0 aliphatic rings. The number of hydrogen-bond donors (Lipinski definition) is 0. The molecular formula is C36H22O. The Hall–Kier alpha value is -4.88. The third-order valence-corrected chi connectivity index (χ3v) is 6.01. The summed E-state index contributed by atoms with van der Waals surface area (Å²) in [6.07, 6.45) is 0. The van der Waals surface area contributed by atoms with Crippen LogP contribution in [0, 0.1) is 0 Å². The van der Waals surface area contributed by atoms with Crippen LogP contribution in [0.1, 0.15) is 30.2 Å². The van der Waals surface area contributed by atoms with Gasteiger partial charge in [0.1, 0.15) is 11.2 Å². The van der Waals surface area contributed by atoms with Crippen molar-refractivity contribution in [2.45, 2.75) is 0 Å². The molecule has 1 nitrogen and oxygen atoms in total. The topological polar surface area (TPSA) is 13.1 Å². The van der Waals surface area contributed by atoms with Gasteiger partial charge in [-0.15, -0.1) is 0 Å². The van der Waals surface area contributed by atoms with E-state index in [0.717, 1.165) is 0 Å². The monoisotopic (exact) mass is 492 g/mol. The Balaban J connectivity index is 1.71. The van der Waals surface area contributed by atoms with Gasteiger partial charge in [0.05, 0.1) is 30.2 Å². The first kappa shape index (κ1) is 8.33. The number of rotatable bonds is 2. The van der Waals surface area contributed by atoms with Gasteiger partial charge in [-0.2, -0.15) is 0 Å². The zero-order chi connectivity index (χ0) is 43.5. The van der Waals surface area contributed by atoms with Crippen LogP contribution in [0.5, 0.6) is 0 Å². The van der Waals surface area contributed by atoms with Crippen LogP contribution in [0.3, 0.4) is 0 Å². The number of furan rings is 1. The molecule has 1 aromatic heterocycles. The average Bonchev–Trinajstić information content (AvgIpc) is 3.62. The van der Waals surface area contributed by atoms with E-state index in [1.807, 2.05) is 0 Å². The molecule has 1 heteroatoms. The molecule has 0 spiro atoms. The molecule has 0 saturated carbocycles. The Morgan fingerprint density at radius 3 is 1.54 bits per heavy atom. The molecule has 0 atom stereocenters. The van der Waals surface area contributed by atoms with Crippen molar-refractivity contribution in [3.8, 4) is 22.3 Å². The molecule has 0 saturated heterocycles. The summed E-state index contributed by atoms with van der Waals surface area (Å²) in [5.41, 5.74) is -3.61. The molecule has 0 fully saturated rings. The second kappa shape index (κ2) is 7.81. The standard InChI is InChI=1S/C36H22O/c1-2-10-23(11-3-1)35-28-14-6-8-16-30(28)36(31-17-9-7-15-29(31)35)26-18-19-27-32-20-24-12-4-5-13-25(24)21-34(32)37-33(27)22-26/h1-22H/i1D,2D,3D,4D,5D,6D,7D,8D,9D,10D,11D,12D,13D,14D,15D,16D,17D,18D,19D,20D,21D,22D. The third kappa shape index (κ3) is 3.04. The molecule has 0 bridgehead atoms. The number of fused-ring (bicyclic) bond motifs is 6. The summed E-state index contributed by atoms with van der Waals surface area (Å²) in [5.74, 6) is 0. The van der Waals surface area contributed by atoms with Crippen LogP contribution < -0.4 is 0 Å². The molecule has 0 aliphatic heterocycles. The van der Waals surface area contributed by atoms with Crippen LogP contribution in [-0.2, 0) is 0 Å². The van der Waals surface area contributed by atoms with Gasteiger partial charge in [-0.3, -0.25) is 0 Å². The lowest BCUT2D eigenvalue weighted by atomic mass is 9.86. The van der Waals surface area contributed by atoms with Gasteiger partial charge in [-0.05, 0) is 78.7 Å². The van der Waals surface area contributed by atoms with Crippen molar-refractivity contribution in [2.75, 3.05) is 0 Å². The van der Waals surface area contributed by atoms with E-state index in [0.29, 0.717) is 0 Å². The van der Waals surface area contributed by atoms with Crippen LogP contribution in [0.15, 0.2) is 137 Å². The Morgan fingerprint density at radius 2 is 0.892 bits per heavy atom. The lowest BCUT2D eigenvalue weighted by Gasteiger charge is -2.17. The molecule has 0 N–H and O–H groups in total. The highest BCUT2D eigenvalue weighted by atomic mass is 16.3. The minimum atomic E-state index is -0.894. The molecule has 37 heavy (non-hydrogen) atoms. The van der Waals surface area contributed by atoms with Crippen molar-refractivity contribution >= 4 is 54.3 Å². The zero-order valence-corrected chi connectivity index (χ0v) is 18.4. The van der Waals surface area contributed by atoms with E-state index in [9.17, 15) is 4.11 Å². The second-order valence-corrected chi connectivity index (χ2v) is 8.01. The normalized spacial score (nSPS) is 20.1. The average molecular weight is 493 g/mol. The Bertz CT molecular complexity index is 3240. The lowest BCUT2D eigenvalue weighted by Crippen LogP contribution is -1.90. The fourth-order valence-electron chi connectivity index (χ4n) is 4.48. The van der Waals surface area contributed by atoms with Crippen molar-refractivity contribution < 1.29 is 34.6 Å². The van der Waals surface area contributed by atoms with Crippen LogP contribution in [-0.4, -0.2) is 0 Å². The quantitative estimate of drug-likeness (QED) is 0.219. The van der Waals surface area contributed by atoms with Gasteiger partial charge in [-0.1, -0.05) is 109 Å². The molecule has 0 aliphatic carbocycles. The van der Waals surface area contributed by atoms with Gasteiger partial charge >= 0.3 is 0 Å². The molecular weight excluding hydrogens is 448 g/mol. The summed E-state index contributed by atoms with van der Waals surface area (Å²) < 4.78 is 199. The molecule has 7 aromatic carbocycles. The van der Waals surface area contributed by atoms with Crippen LogP contribution >= 0.6 is 0 Å². The molecule has 0 unspecified atom stereocenters. The molecule has 8 aromatic rings. The molecule has 1 heterocycles. The fourth-order valence-corrected chi connectivity index (χ4v) is 4.48. The van der Waals surface area contributed by atoms with E-state index < -0.39 is 204 Å². The third-order valence-electron chi connectivity index (χ3n) is 6.01. The fraction of sp³-hybridized carbons (Fsp3) is 0. The van der Waals surface area contributed by atoms with E-state index >= 15 is 0 Å². The number of hydrogen-bond acceptors (Lipinski definition) is 1. The van der Waals surface area contributed by atoms with Crippen LogP contribution in [0.4, 0.5) is 0 Å². The van der Waals surface area contributed by atoms with Crippen LogP contribution in [0.2, 0.25) is 0 Å². The summed E-state index contributed by atoms with van der Waals surface area (Å²) in [6, 6.07) is -17.9. The molecule has 172 valence electrons. The minimum absolute atomic E-state index is 0.351. The first-order valence-corrected chi connectivity index (χ1v) is 10.9. The highest BCUT2D eigenvalue weighted by Gasteiger charge is 2.17. The highest BCUT2D eigenvalue weighted by molar-refractivity contribution is 6.22. The van der Waals surface area contributed by atoms with Gasteiger partial charge in [0.2, 0.25) is 0 Å². The van der Waals surface area contributed by atoms with Gasteiger partial charge in [0.25, 0.3) is 0 Å². The Morgan fingerprint density at radius 1 is 0.378 bits per heavy atom. The maximum atomic E-state index is 9.51. The van der Waals surface area contributed by atoms with Gasteiger partial charge < -0.3 is 4.42 Å². The first-order valence-electron chi connectivity index (χ1n) is 21.9. The molecule has 8 rings (SSSR count). The minimum Gasteiger partial charge on any atom is -0.456 e. The Kier molecular flexibility index (Phi) is 1.76. The predicted molar refractivity (Wildman–Crippen MR) is 157 cm³/mol. The largest absolute Gasteiger partial charge is 0.456 e. The SMILES string of the molecule is [2H]c1c([2H])c([2H])c(-c2c3c([2H])c([2H])c([2H])c([2H])c3c(-c3c([2H])c([2H])c4c(oc5c([2H])c6c([2H])c([2H])c([2H])c([2H])c6c([2H])c54)c3[2H])c3c([2H])c([2H])c([2H])c([2H])c23)c([2H])c1[2H]. The zero-order valence-electron chi connectivity index (χ0n) is 40.4. The van der Waals surface area contributed by atoms with Crippen molar-refractivity contribution in [2.24, 2.45) is 0 Å². The maximum Gasteiger partial charge on any atom is 0.136 e. The summed E-state index contributed by atoms with van der Waals surface area (Å²) in [4.78, 5) is 0. The smallest absolute Gasteiger partial charge is 0.136 e. The second-order valence-electron chi connectivity index (χ2n) is 8.01. The number of benzene rings is 7. The van der Waals surface area contributed by atoms with E-state index in [4.69, 9.17) is 30.5 Å². The van der Waals surface area contributed by atoms with E-state index in [1.165, 1.54) is 0 Å². The van der Waals surface area contributed by atoms with Crippen LogP contribution in [0.25, 0.3) is 76.5 Å². The van der Waals surface area contributed by atoms with Gasteiger partial charge in [0.15, 0.2) is 0 Å². The van der Waals surface area contributed by atoms with Crippen molar-refractivity contribution in [1.29, 1.82) is 0 Å². The van der Waals surface area contributed by atoms with Crippen molar-refractivity contribution in [3.05, 3.63) is 133 Å². The van der Waals surface area contributed by atoms with E-state index in [2.05, 4.69) is 0 Å². The summed E-state index contributed by atoms with van der Waals surface area (Å²) >= 11 is 0. The Labute approximate surface area is 245 Å². The molecule has 0 radical (unpaired) electrons. The summed E-state index contributed by atoms with van der Waals surface area (Å²) in [7, 11) is 0. The highest BCUT2D eigenvalue weighted by Crippen LogP contribution is 2.44. The van der Waals surface area contributed by atoms with E-state index in [-0.39, 0.29) is 5.39 Å². The van der Waals surface area contributed by atoms with E-state index in [1.54, 1.807) is 0 Å². The summed E-state index contributed by atoms with van der Waals surface area (Å²) in [6.45, 7) is 0. The lowest BCUT2D eigenvalue weighted by molar-refractivity contribution is 0.669. The van der Waals surface area contributed by atoms with Crippen molar-refractivity contribution in [3.63, 3.8) is 0 Å². The molecule has 0 amide bonds. The first-order chi connectivity index (χ1) is 27.5. The summed E-state index contributed by atoms with van der Waals surface area (Å²) in [5, 5.41) is -3.97. The predicted octanol–water partition coefficient (Wildman–Crippen LogP) is 10.4. The van der Waals surface area contributed by atoms with Crippen molar-refractivity contribution in [1.82, 2.24) is 0 Å². The van der Waals surface area contributed by atoms with Gasteiger partial charge in [-0.25, -0.2) is 0 Å². The van der Waals surface area contributed by atoms with Gasteiger partial charge in [0, 0.05) is 10.8 Å².